The van der Waals surface area contributed by atoms with E-state index in [9.17, 15) is 9.59 Å². The van der Waals surface area contributed by atoms with Crippen molar-refractivity contribution < 1.29 is 19.8 Å². The van der Waals surface area contributed by atoms with Gasteiger partial charge in [0, 0.05) is 0 Å². The van der Waals surface area contributed by atoms with Crippen LogP contribution in [0.25, 0.3) is 0 Å². The molecule has 0 fully saturated rings. The summed E-state index contributed by atoms with van der Waals surface area (Å²) in [6.45, 7) is 0. The third kappa shape index (κ3) is 3.60. The van der Waals surface area contributed by atoms with Gasteiger partial charge in [0.15, 0.2) is 0 Å². The fourth-order valence-corrected chi connectivity index (χ4v) is 2.11. The Labute approximate surface area is 134 Å². The molecule has 2 aromatic rings. The highest BCUT2D eigenvalue weighted by molar-refractivity contribution is 6.34. The van der Waals surface area contributed by atoms with Crippen molar-refractivity contribution in [2.45, 2.75) is 0 Å². The number of benzene rings is 2. The Bertz CT molecular complexity index is 725. The smallest absolute Gasteiger partial charge is 0.337 e. The highest BCUT2D eigenvalue weighted by atomic mass is 35.5. The average molecular weight is 339 g/mol. The molecule has 0 aromatic heterocycles. The summed E-state index contributed by atoms with van der Waals surface area (Å²) in [5, 5.41) is 25.6. The van der Waals surface area contributed by atoms with Crippen LogP contribution in [0.1, 0.15) is 20.7 Å². The van der Waals surface area contributed by atoms with Crippen molar-refractivity contribution in [3.05, 3.63) is 57.6 Å². The van der Waals surface area contributed by atoms with Crippen LogP contribution in [0.4, 0.5) is 11.4 Å². The number of rotatable bonds is 4. The maximum Gasteiger partial charge on any atom is 0.337 e. The molecular weight excluding hydrogens is 331 g/mol. The van der Waals surface area contributed by atoms with E-state index in [0.717, 1.165) is 0 Å². The number of hydrogen-bond acceptors (Lipinski definition) is 4. The van der Waals surface area contributed by atoms with E-state index in [-0.39, 0.29) is 21.2 Å². The first kappa shape index (κ1) is 15.9. The molecule has 0 atom stereocenters. The summed E-state index contributed by atoms with van der Waals surface area (Å²) in [6, 6.07) is 8.26. The fraction of sp³-hybridized carbons (Fsp3) is 0. The average Bonchev–Trinajstić information content (AvgIpc) is 2.44. The number of carboxylic acid groups (broad SMARTS) is 2. The zero-order valence-corrected chi connectivity index (χ0v) is 12.3. The van der Waals surface area contributed by atoms with Gasteiger partial charge in [-0.05, 0) is 36.4 Å². The van der Waals surface area contributed by atoms with Crippen LogP contribution in [-0.4, -0.2) is 22.2 Å². The molecule has 0 spiro atoms. The highest BCUT2D eigenvalue weighted by Gasteiger charge is 2.10. The molecule has 0 unspecified atom stereocenters. The molecule has 0 saturated heterocycles. The van der Waals surface area contributed by atoms with E-state index in [2.05, 4.69) is 10.2 Å². The van der Waals surface area contributed by atoms with Crippen molar-refractivity contribution in [2.75, 3.05) is 0 Å². The molecule has 2 aromatic carbocycles. The predicted molar refractivity (Wildman–Crippen MR) is 81.0 cm³/mol. The van der Waals surface area contributed by atoms with Crippen molar-refractivity contribution in [3.8, 4) is 0 Å². The topological polar surface area (TPSA) is 99.3 Å². The standard InChI is InChI=1S/C14H8Cl2N2O4/c15-11-5-7(1-3-9(11)13(19)20)17-18-8-2-4-10(14(21)22)12(16)6-8/h1-6H,(H,19,20)(H,21,22). The van der Waals surface area contributed by atoms with Crippen molar-refractivity contribution in [3.63, 3.8) is 0 Å². The number of halogens is 2. The Morgan fingerprint density at radius 2 is 1.14 bits per heavy atom. The van der Waals surface area contributed by atoms with Crippen molar-refractivity contribution >= 4 is 46.5 Å². The second-order valence-corrected chi connectivity index (χ2v) is 4.95. The van der Waals surface area contributed by atoms with E-state index in [4.69, 9.17) is 33.4 Å². The highest BCUT2D eigenvalue weighted by Crippen LogP contribution is 2.27. The van der Waals surface area contributed by atoms with Crippen LogP contribution in [0, 0.1) is 0 Å². The molecule has 0 radical (unpaired) electrons. The molecule has 22 heavy (non-hydrogen) atoms. The lowest BCUT2D eigenvalue weighted by Gasteiger charge is -2.00. The summed E-state index contributed by atoms with van der Waals surface area (Å²) in [5.41, 5.74) is 0.644. The fourth-order valence-electron chi connectivity index (χ4n) is 1.59. The Morgan fingerprint density at radius 1 is 0.773 bits per heavy atom. The minimum absolute atomic E-state index is 0.0329. The van der Waals surface area contributed by atoms with E-state index in [1.54, 1.807) is 0 Å². The molecule has 2 rings (SSSR count). The van der Waals surface area contributed by atoms with Gasteiger partial charge in [0.25, 0.3) is 0 Å². The van der Waals surface area contributed by atoms with Crippen LogP contribution < -0.4 is 0 Å². The lowest BCUT2D eigenvalue weighted by Crippen LogP contribution is -1.96. The summed E-state index contributed by atoms with van der Waals surface area (Å²) < 4.78 is 0. The van der Waals surface area contributed by atoms with Gasteiger partial charge in [-0.1, -0.05) is 23.2 Å². The Balaban J connectivity index is 2.25. The summed E-state index contributed by atoms with van der Waals surface area (Å²) >= 11 is 11.6. The van der Waals surface area contributed by atoms with Crippen LogP contribution in [-0.2, 0) is 0 Å². The number of nitrogens with zero attached hydrogens (tertiary/aromatic N) is 2. The number of carboxylic acids is 2. The van der Waals surface area contributed by atoms with Gasteiger partial charge in [-0.15, -0.1) is 0 Å². The molecular formula is C14H8Cl2N2O4. The van der Waals surface area contributed by atoms with Gasteiger partial charge in [0.2, 0.25) is 0 Å². The van der Waals surface area contributed by atoms with E-state index < -0.39 is 11.9 Å². The molecule has 112 valence electrons. The van der Waals surface area contributed by atoms with Crippen LogP contribution in [0.15, 0.2) is 46.6 Å². The largest absolute Gasteiger partial charge is 0.478 e. The predicted octanol–water partition coefficient (Wildman–Crippen LogP) is 4.81. The molecule has 2 N–H and O–H groups in total. The van der Waals surface area contributed by atoms with Gasteiger partial charge in [0.05, 0.1) is 32.5 Å². The first-order valence-electron chi connectivity index (χ1n) is 5.86. The molecule has 0 heterocycles. The van der Waals surface area contributed by atoms with Gasteiger partial charge in [-0.3, -0.25) is 0 Å². The number of azo groups is 1. The third-order valence-corrected chi connectivity index (χ3v) is 3.27. The minimum Gasteiger partial charge on any atom is -0.478 e. The quantitative estimate of drug-likeness (QED) is 0.781. The van der Waals surface area contributed by atoms with Gasteiger partial charge in [0.1, 0.15) is 0 Å². The van der Waals surface area contributed by atoms with Crippen molar-refractivity contribution in [2.24, 2.45) is 10.2 Å². The molecule has 8 heteroatoms. The summed E-state index contributed by atoms with van der Waals surface area (Å²) in [6.07, 6.45) is 0. The van der Waals surface area contributed by atoms with Crippen LogP contribution >= 0.6 is 23.2 Å². The maximum absolute atomic E-state index is 10.8. The summed E-state index contributed by atoms with van der Waals surface area (Å²) in [7, 11) is 0. The summed E-state index contributed by atoms with van der Waals surface area (Å²) in [5.74, 6) is -2.27. The van der Waals surface area contributed by atoms with E-state index in [0.29, 0.717) is 11.4 Å². The van der Waals surface area contributed by atoms with E-state index >= 15 is 0 Å². The maximum atomic E-state index is 10.8. The van der Waals surface area contributed by atoms with Gasteiger partial charge in [-0.2, -0.15) is 10.2 Å². The van der Waals surface area contributed by atoms with Crippen LogP contribution in [0.2, 0.25) is 10.0 Å². The number of hydrogen-bond donors (Lipinski definition) is 2. The van der Waals surface area contributed by atoms with Crippen LogP contribution in [0.3, 0.4) is 0 Å². The first-order valence-corrected chi connectivity index (χ1v) is 6.61. The van der Waals surface area contributed by atoms with Crippen molar-refractivity contribution in [1.82, 2.24) is 0 Å². The van der Waals surface area contributed by atoms with Crippen molar-refractivity contribution in [1.29, 1.82) is 0 Å². The van der Waals surface area contributed by atoms with E-state index in [1.807, 2.05) is 0 Å². The molecule has 0 aliphatic rings. The Kier molecular flexibility index (Phi) is 4.75. The zero-order chi connectivity index (χ0) is 16.3. The molecule has 6 nitrogen and oxygen atoms in total. The second-order valence-electron chi connectivity index (χ2n) is 4.14. The molecule has 0 bridgehead atoms. The van der Waals surface area contributed by atoms with Gasteiger partial charge >= 0.3 is 11.9 Å². The summed E-state index contributed by atoms with van der Waals surface area (Å²) in [4.78, 5) is 21.7. The Morgan fingerprint density at radius 3 is 1.41 bits per heavy atom. The molecule has 0 amide bonds. The van der Waals surface area contributed by atoms with Gasteiger partial charge in [-0.25, -0.2) is 9.59 Å². The van der Waals surface area contributed by atoms with Crippen LogP contribution in [0.5, 0.6) is 0 Å². The minimum atomic E-state index is -1.13. The molecule has 0 aliphatic heterocycles. The number of carbonyl (C=O) groups is 2. The molecule has 0 saturated carbocycles. The lowest BCUT2D eigenvalue weighted by molar-refractivity contribution is 0.0686. The van der Waals surface area contributed by atoms with Gasteiger partial charge < -0.3 is 10.2 Å². The zero-order valence-electron chi connectivity index (χ0n) is 10.8. The second kappa shape index (κ2) is 6.55. The monoisotopic (exact) mass is 338 g/mol. The molecule has 0 aliphatic carbocycles. The normalized spacial score (nSPS) is 10.8. The van der Waals surface area contributed by atoms with E-state index in [1.165, 1.54) is 36.4 Å². The third-order valence-electron chi connectivity index (χ3n) is 2.65. The SMILES string of the molecule is O=C(O)c1ccc(N=Nc2ccc(C(=O)O)c(Cl)c2)cc1Cl. The first-order chi connectivity index (χ1) is 10.4. The lowest BCUT2D eigenvalue weighted by atomic mass is 10.2. The number of aromatic carboxylic acids is 2. The Hall–Kier alpha value is -2.44.